The maximum atomic E-state index is 4.41. The van der Waals surface area contributed by atoms with E-state index in [9.17, 15) is 0 Å². The number of allylic oxidation sites excluding steroid dienone is 2. The van der Waals surface area contributed by atoms with Gasteiger partial charge in [0.1, 0.15) is 0 Å². The fourth-order valence-electron chi connectivity index (χ4n) is 2.08. The molecule has 0 aliphatic carbocycles. The number of pyridine rings is 1. The highest BCUT2D eigenvalue weighted by Gasteiger charge is 2.20. The van der Waals surface area contributed by atoms with Gasteiger partial charge in [-0.15, -0.1) is 0 Å². The Kier molecular flexibility index (Phi) is 2.58. The number of rotatable bonds is 1. The van der Waals surface area contributed by atoms with E-state index in [1.807, 2.05) is 12.3 Å². The quantitative estimate of drug-likeness (QED) is 0.777. The van der Waals surface area contributed by atoms with Crippen molar-refractivity contribution in [3.8, 4) is 0 Å². The van der Waals surface area contributed by atoms with Crippen LogP contribution < -0.4 is 5.32 Å². The van der Waals surface area contributed by atoms with E-state index in [0.29, 0.717) is 0 Å². The molecule has 0 bridgehead atoms. The van der Waals surface area contributed by atoms with Gasteiger partial charge in [-0.05, 0) is 51.5 Å². The summed E-state index contributed by atoms with van der Waals surface area (Å²) in [5.41, 5.74) is 4.63. The number of hydrogen-bond acceptors (Lipinski definition) is 2. The molecule has 0 spiro atoms. The summed E-state index contributed by atoms with van der Waals surface area (Å²) in [4.78, 5) is 4.41. The zero-order chi connectivity index (χ0) is 11.8. The van der Waals surface area contributed by atoms with Crippen molar-refractivity contribution in [2.24, 2.45) is 0 Å². The number of nitrogens with zero attached hydrogens (tertiary/aromatic N) is 1. The summed E-state index contributed by atoms with van der Waals surface area (Å²) < 4.78 is 0. The standard InChI is InChI=1S/C14H18N2/c1-10-5-6-15-12(7-10)13-8-11(2)9-14(3,4)16-13/h5-9,16H,1-4H3. The summed E-state index contributed by atoms with van der Waals surface area (Å²) in [6, 6.07) is 4.12. The Labute approximate surface area is 97.1 Å². The van der Waals surface area contributed by atoms with Crippen molar-refractivity contribution in [2.75, 3.05) is 0 Å². The van der Waals surface area contributed by atoms with Gasteiger partial charge < -0.3 is 5.32 Å². The highest BCUT2D eigenvalue weighted by molar-refractivity contribution is 5.67. The molecule has 0 aromatic carbocycles. The fourth-order valence-corrected chi connectivity index (χ4v) is 2.08. The van der Waals surface area contributed by atoms with Gasteiger partial charge in [0, 0.05) is 6.20 Å². The van der Waals surface area contributed by atoms with Crippen molar-refractivity contribution in [3.05, 3.63) is 47.3 Å². The first-order valence-electron chi connectivity index (χ1n) is 5.59. The Hall–Kier alpha value is -1.57. The lowest BCUT2D eigenvalue weighted by molar-refractivity contribution is 0.554. The molecule has 2 heterocycles. The molecule has 1 N–H and O–H groups in total. The highest BCUT2D eigenvalue weighted by atomic mass is 15.0. The molecule has 0 atom stereocenters. The third kappa shape index (κ3) is 2.32. The number of aryl methyl sites for hydroxylation is 1. The predicted molar refractivity (Wildman–Crippen MR) is 67.9 cm³/mol. The maximum absolute atomic E-state index is 4.41. The van der Waals surface area contributed by atoms with Crippen molar-refractivity contribution in [3.63, 3.8) is 0 Å². The van der Waals surface area contributed by atoms with E-state index in [-0.39, 0.29) is 5.54 Å². The van der Waals surface area contributed by atoms with Crippen LogP contribution >= 0.6 is 0 Å². The van der Waals surface area contributed by atoms with Crippen LogP contribution in [0, 0.1) is 6.92 Å². The van der Waals surface area contributed by atoms with Crippen LogP contribution in [0.1, 0.15) is 32.0 Å². The maximum Gasteiger partial charge on any atom is 0.0863 e. The number of nitrogens with one attached hydrogen (secondary N) is 1. The second kappa shape index (κ2) is 3.78. The zero-order valence-corrected chi connectivity index (χ0v) is 10.3. The van der Waals surface area contributed by atoms with E-state index in [4.69, 9.17) is 0 Å². The first-order valence-corrected chi connectivity index (χ1v) is 5.59. The molecule has 2 rings (SSSR count). The molecule has 1 aliphatic heterocycles. The Morgan fingerprint density at radius 3 is 2.62 bits per heavy atom. The van der Waals surface area contributed by atoms with Gasteiger partial charge in [-0.2, -0.15) is 0 Å². The highest BCUT2D eigenvalue weighted by Crippen LogP contribution is 2.23. The van der Waals surface area contributed by atoms with Crippen LogP contribution in [0.4, 0.5) is 0 Å². The minimum absolute atomic E-state index is 0.000404. The van der Waals surface area contributed by atoms with Gasteiger partial charge in [0.25, 0.3) is 0 Å². The summed E-state index contributed by atoms with van der Waals surface area (Å²) in [7, 11) is 0. The van der Waals surface area contributed by atoms with Gasteiger partial charge in [0.05, 0.1) is 16.9 Å². The minimum Gasteiger partial charge on any atom is -0.375 e. The molecule has 1 aromatic heterocycles. The predicted octanol–water partition coefficient (Wildman–Crippen LogP) is 3.06. The zero-order valence-electron chi connectivity index (χ0n) is 10.3. The smallest absolute Gasteiger partial charge is 0.0863 e. The van der Waals surface area contributed by atoms with Crippen molar-refractivity contribution in [2.45, 2.75) is 33.2 Å². The molecule has 0 amide bonds. The molecular weight excluding hydrogens is 196 g/mol. The molecule has 84 valence electrons. The van der Waals surface area contributed by atoms with Crippen LogP contribution in [0.15, 0.2) is 36.1 Å². The molecule has 0 fully saturated rings. The Bertz CT molecular complexity index is 467. The summed E-state index contributed by atoms with van der Waals surface area (Å²) in [5, 5.41) is 3.49. The molecule has 1 aromatic rings. The summed E-state index contributed by atoms with van der Waals surface area (Å²) >= 11 is 0. The summed E-state index contributed by atoms with van der Waals surface area (Å²) in [6.07, 6.45) is 6.23. The molecule has 16 heavy (non-hydrogen) atoms. The molecule has 0 unspecified atom stereocenters. The van der Waals surface area contributed by atoms with E-state index in [2.05, 4.69) is 56.2 Å². The van der Waals surface area contributed by atoms with Gasteiger partial charge in [-0.25, -0.2) is 0 Å². The van der Waals surface area contributed by atoms with Crippen LogP contribution in [-0.2, 0) is 0 Å². The van der Waals surface area contributed by atoms with Gasteiger partial charge in [0.2, 0.25) is 0 Å². The van der Waals surface area contributed by atoms with E-state index in [0.717, 1.165) is 11.4 Å². The normalized spacial score (nSPS) is 18.5. The van der Waals surface area contributed by atoms with Crippen molar-refractivity contribution in [1.29, 1.82) is 0 Å². The molecule has 2 nitrogen and oxygen atoms in total. The SMILES string of the molecule is CC1=CC(C)(C)NC(c2cc(C)ccn2)=C1. The Balaban J connectivity index is 2.39. The summed E-state index contributed by atoms with van der Waals surface area (Å²) in [6.45, 7) is 8.54. The van der Waals surface area contributed by atoms with Crippen LogP contribution in [0.3, 0.4) is 0 Å². The second-order valence-electron chi connectivity index (χ2n) is 5.01. The van der Waals surface area contributed by atoms with Gasteiger partial charge in [-0.1, -0.05) is 11.6 Å². The first kappa shape index (κ1) is 10.9. The van der Waals surface area contributed by atoms with E-state index in [1.54, 1.807) is 0 Å². The lowest BCUT2D eigenvalue weighted by Gasteiger charge is -2.30. The third-order valence-electron chi connectivity index (χ3n) is 2.61. The third-order valence-corrected chi connectivity index (χ3v) is 2.61. The topological polar surface area (TPSA) is 24.9 Å². The average Bonchev–Trinajstić information content (AvgIpc) is 2.14. The molecule has 1 aliphatic rings. The second-order valence-corrected chi connectivity index (χ2v) is 5.01. The van der Waals surface area contributed by atoms with E-state index >= 15 is 0 Å². The Morgan fingerprint density at radius 2 is 2.00 bits per heavy atom. The van der Waals surface area contributed by atoms with Crippen LogP contribution in [0.2, 0.25) is 0 Å². The van der Waals surface area contributed by atoms with Gasteiger partial charge >= 0.3 is 0 Å². The van der Waals surface area contributed by atoms with Crippen LogP contribution in [0.5, 0.6) is 0 Å². The molecule has 0 saturated heterocycles. The van der Waals surface area contributed by atoms with E-state index in [1.165, 1.54) is 11.1 Å². The number of dihydropyridines is 1. The average molecular weight is 214 g/mol. The van der Waals surface area contributed by atoms with Crippen molar-refractivity contribution < 1.29 is 0 Å². The first-order chi connectivity index (χ1) is 7.46. The lowest BCUT2D eigenvalue weighted by atomic mass is 9.96. The van der Waals surface area contributed by atoms with E-state index < -0.39 is 0 Å². The molecule has 2 heteroatoms. The van der Waals surface area contributed by atoms with Crippen molar-refractivity contribution >= 4 is 5.70 Å². The largest absolute Gasteiger partial charge is 0.375 e. The molecule has 0 saturated carbocycles. The number of aromatic nitrogens is 1. The van der Waals surface area contributed by atoms with Crippen LogP contribution in [-0.4, -0.2) is 10.5 Å². The van der Waals surface area contributed by atoms with Gasteiger partial charge in [0.15, 0.2) is 0 Å². The van der Waals surface area contributed by atoms with Crippen LogP contribution in [0.25, 0.3) is 5.70 Å². The van der Waals surface area contributed by atoms with Gasteiger partial charge in [-0.3, -0.25) is 4.98 Å². The fraction of sp³-hybridized carbons (Fsp3) is 0.357. The minimum atomic E-state index is -0.000404. The summed E-state index contributed by atoms with van der Waals surface area (Å²) in [5.74, 6) is 0. The lowest BCUT2D eigenvalue weighted by Crippen LogP contribution is -2.38. The van der Waals surface area contributed by atoms with Crippen molar-refractivity contribution in [1.82, 2.24) is 10.3 Å². The number of hydrogen-bond donors (Lipinski definition) is 1. The molecule has 0 radical (unpaired) electrons. The monoisotopic (exact) mass is 214 g/mol. The Morgan fingerprint density at radius 1 is 1.25 bits per heavy atom. The molecular formula is C14H18N2.